The number of fused-ring (bicyclic) bond motifs is 15. The molecular weight excluding hydrogens is 1120 g/mol. The Morgan fingerprint density at radius 3 is 1.82 bits per heavy atom. The normalized spacial score (nSPS) is 13.0. The van der Waals surface area contributed by atoms with Crippen LogP contribution in [0.25, 0.3) is 111 Å². The summed E-state index contributed by atoms with van der Waals surface area (Å²) in [7, 11) is 0. The van der Waals surface area contributed by atoms with E-state index in [1.807, 2.05) is 0 Å². The van der Waals surface area contributed by atoms with E-state index in [1.165, 1.54) is 66.3 Å². The smallest absolute Gasteiger partial charge is 0.193 e. The van der Waals surface area contributed by atoms with Crippen LogP contribution in [-0.2, 0) is 31.9 Å². The van der Waals surface area contributed by atoms with Crippen molar-refractivity contribution in [3.63, 3.8) is 0 Å². The van der Waals surface area contributed by atoms with Crippen molar-refractivity contribution in [2.45, 2.75) is 91.9 Å². The number of pyridine rings is 1. The van der Waals surface area contributed by atoms with Crippen LogP contribution >= 0.6 is 0 Å². The fourth-order valence-electron chi connectivity index (χ4n) is 13.0. The number of phenols is 1. The van der Waals surface area contributed by atoms with Crippen molar-refractivity contribution in [1.29, 1.82) is 0 Å². The van der Waals surface area contributed by atoms with Gasteiger partial charge in [-0.25, -0.2) is 4.98 Å². The zero-order chi connectivity index (χ0) is 52.3. The first kappa shape index (κ1) is 49.1. The van der Waals surface area contributed by atoms with Gasteiger partial charge in [0.15, 0.2) is 6.71 Å². The Balaban J connectivity index is 0.00000566. The van der Waals surface area contributed by atoms with E-state index in [4.69, 9.17) is 9.97 Å². The molecule has 5 nitrogen and oxygen atoms in total. The van der Waals surface area contributed by atoms with Crippen LogP contribution in [0.5, 0.6) is 5.75 Å². The Labute approximate surface area is 466 Å². The molecule has 0 unspecified atom stereocenters. The third-order valence-electron chi connectivity index (χ3n) is 16.7. The minimum absolute atomic E-state index is 0. The quantitative estimate of drug-likeness (QED) is 0.103. The molecule has 0 saturated heterocycles. The molecule has 0 aliphatic carbocycles. The summed E-state index contributed by atoms with van der Waals surface area (Å²) in [6, 6.07) is 64.1. The molecule has 77 heavy (non-hydrogen) atoms. The third-order valence-corrected chi connectivity index (χ3v) is 16.7. The molecule has 9 aromatic carbocycles. The predicted molar refractivity (Wildman–Crippen MR) is 320 cm³/mol. The molecule has 0 fully saturated rings. The molecule has 380 valence electrons. The number of hydrogen-bond acceptors (Lipinski definition) is 3. The second-order valence-electron chi connectivity index (χ2n) is 24.2. The monoisotopic (exact) mass is 1180 g/mol. The van der Waals surface area contributed by atoms with Crippen LogP contribution in [0, 0.1) is 6.07 Å². The van der Waals surface area contributed by atoms with E-state index in [-0.39, 0.29) is 56.2 Å². The topological polar surface area (TPSA) is 55.3 Å². The summed E-state index contributed by atoms with van der Waals surface area (Å²) in [5.41, 5.74) is 25.1. The number of imidazole rings is 2. The average Bonchev–Trinajstić information content (AvgIpc) is 4.30. The Hall–Kier alpha value is -7.53. The van der Waals surface area contributed by atoms with E-state index in [2.05, 4.69) is 248 Å². The largest absolute Gasteiger partial charge is 0.507 e. The molecule has 0 atom stereocenters. The van der Waals surface area contributed by atoms with Crippen LogP contribution in [-0.4, -0.2) is 30.8 Å². The van der Waals surface area contributed by atoms with Crippen LogP contribution in [0.2, 0.25) is 0 Å². The molecule has 7 heteroatoms. The first-order chi connectivity index (χ1) is 36.6. The maximum atomic E-state index is 12.8. The van der Waals surface area contributed by atoms with E-state index in [9.17, 15) is 5.11 Å². The van der Waals surface area contributed by atoms with Gasteiger partial charge in [0, 0.05) is 43.3 Å². The first-order valence-electron chi connectivity index (χ1n) is 27.1. The van der Waals surface area contributed by atoms with Crippen molar-refractivity contribution in [3.05, 3.63) is 192 Å². The molecule has 0 radical (unpaired) electrons. The number of hydrogen-bond donors (Lipinski definition) is 1. The summed E-state index contributed by atoms with van der Waals surface area (Å²) in [5.74, 6) is 1.31. The van der Waals surface area contributed by atoms with Crippen molar-refractivity contribution in [1.82, 2.24) is 18.9 Å². The molecule has 0 spiro atoms. The first-order valence-corrected chi connectivity index (χ1v) is 27.1. The van der Waals surface area contributed by atoms with Crippen LogP contribution in [0.1, 0.15) is 103 Å². The van der Waals surface area contributed by atoms with Crippen molar-refractivity contribution in [3.8, 4) is 67.3 Å². The predicted octanol–water partition coefficient (Wildman–Crippen LogP) is 16.0. The van der Waals surface area contributed by atoms with Crippen molar-refractivity contribution in [2.75, 3.05) is 0 Å². The molecule has 2 aliphatic heterocycles. The molecule has 12 aromatic rings. The van der Waals surface area contributed by atoms with Gasteiger partial charge in [0.05, 0.1) is 39.0 Å². The van der Waals surface area contributed by atoms with Crippen molar-refractivity contribution in [2.24, 2.45) is 0 Å². The van der Waals surface area contributed by atoms with Crippen LogP contribution < -0.4 is 16.4 Å². The zero-order valence-electron chi connectivity index (χ0n) is 45.4. The van der Waals surface area contributed by atoms with Gasteiger partial charge in [0.2, 0.25) is 0 Å². The number of aromatic hydroxyl groups is 1. The fraction of sp³-hybridized carbons (Fsp3) is 0.200. The molecule has 14 rings (SSSR count). The molecule has 0 saturated carbocycles. The fourth-order valence-corrected chi connectivity index (χ4v) is 13.0. The van der Waals surface area contributed by atoms with Crippen molar-refractivity contribution < 1.29 is 26.2 Å². The van der Waals surface area contributed by atoms with Gasteiger partial charge >= 0.3 is 0 Å². The zero-order valence-corrected chi connectivity index (χ0v) is 47.6. The maximum absolute atomic E-state index is 12.8. The summed E-state index contributed by atoms with van der Waals surface area (Å²) in [6.45, 7) is 22.7. The Bertz CT molecular complexity index is 4420. The van der Waals surface area contributed by atoms with Gasteiger partial charge in [-0.05, 0) is 103 Å². The minimum atomic E-state index is -0.342. The van der Waals surface area contributed by atoms with Gasteiger partial charge in [0.25, 0.3) is 0 Å². The molecule has 2 aliphatic rings. The van der Waals surface area contributed by atoms with Gasteiger partial charge in [0.1, 0.15) is 11.6 Å². The average molecular weight is 1180 g/mol. The molecule has 1 N–H and O–H groups in total. The molecule has 0 bridgehead atoms. The van der Waals surface area contributed by atoms with E-state index < -0.39 is 0 Å². The molecular formula is C70H60BN4OPt-. The van der Waals surface area contributed by atoms with E-state index in [0.717, 1.165) is 77.5 Å². The van der Waals surface area contributed by atoms with Crippen LogP contribution in [0.3, 0.4) is 0 Å². The third kappa shape index (κ3) is 7.24. The standard InChI is InChI=1S/C70H60BN4O.Pt/c1-39(2)50-33-42(41-21-12-11-13-22-41)34-51(40(3)4)65(50)75-61-32-20-28-49(64(61)73-68(75)55-35-43(69(5,6)7)36-56(66(55)76)70(8,9)10)48-27-19-31-60-63(48)72-67-54-37-53-47-26-18-25-46-44-23-14-16-29-57(44)71(62(46)47)58(53)38-52(54)45-24-15-17-30-59(45)74(60)67;/h11-36,38-40,76H,1-10H3;/q-1;. The number of benzene rings is 9. The second kappa shape index (κ2) is 17.5. The maximum Gasteiger partial charge on any atom is 0.193 e. The summed E-state index contributed by atoms with van der Waals surface area (Å²) < 4.78 is 4.74. The Morgan fingerprint density at radius 1 is 0.519 bits per heavy atom. The number of rotatable bonds is 6. The summed E-state index contributed by atoms with van der Waals surface area (Å²) in [5, 5.41) is 16.2. The van der Waals surface area contributed by atoms with Gasteiger partial charge < -0.3 is 9.51 Å². The SMILES string of the molecule is CC(C)c1cc(-c2ccccc2)cc(C(C)C)c1-n1c(-c2cc(C(C)(C)C)cc(C(C)(C)C)c2O)nc2c(-c3cccc4c3nc3c5[c-]c6c(cc5c5ccccc5n43)B3c4ccccc4-c4cccc-6c43)cccc21.[Pt]. The molecule has 5 heterocycles. The Morgan fingerprint density at radius 2 is 1.12 bits per heavy atom. The molecule has 0 amide bonds. The van der Waals surface area contributed by atoms with Gasteiger partial charge in [-0.3, -0.25) is 9.55 Å². The van der Waals surface area contributed by atoms with E-state index in [1.54, 1.807) is 0 Å². The summed E-state index contributed by atoms with van der Waals surface area (Å²) in [4.78, 5) is 11.6. The minimum Gasteiger partial charge on any atom is -0.507 e. The van der Waals surface area contributed by atoms with E-state index in [0.29, 0.717) is 5.82 Å². The number of nitrogens with zero attached hydrogens (tertiary/aromatic N) is 4. The molecule has 3 aromatic heterocycles. The summed E-state index contributed by atoms with van der Waals surface area (Å²) >= 11 is 0. The second-order valence-corrected chi connectivity index (χ2v) is 24.2. The van der Waals surface area contributed by atoms with Crippen LogP contribution in [0.4, 0.5) is 0 Å². The van der Waals surface area contributed by atoms with Gasteiger partial charge in [-0.2, -0.15) is 0 Å². The van der Waals surface area contributed by atoms with E-state index >= 15 is 0 Å². The van der Waals surface area contributed by atoms with Gasteiger partial charge in [-0.15, -0.1) is 23.2 Å². The number of phenolic OH excluding ortho intramolecular Hbond substituents is 1. The van der Waals surface area contributed by atoms with Crippen molar-refractivity contribution >= 4 is 72.5 Å². The number of aromatic nitrogens is 4. The van der Waals surface area contributed by atoms with Gasteiger partial charge in [-0.1, -0.05) is 218 Å². The summed E-state index contributed by atoms with van der Waals surface area (Å²) in [6.07, 6.45) is 0. The number of para-hydroxylation sites is 3. The Kier molecular flexibility index (Phi) is 11.2. The van der Waals surface area contributed by atoms with Crippen LogP contribution in [0.15, 0.2) is 164 Å².